The van der Waals surface area contributed by atoms with Crippen molar-refractivity contribution >= 4 is 12.0 Å². The molecule has 6 nitrogen and oxygen atoms in total. The fourth-order valence-corrected chi connectivity index (χ4v) is 3.27. The van der Waals surface area contributed by atoms with Crippen molar-refractivity contribution < 1.29 is 14.3 Å². The first-order chi connectivity index (χ1) is 13.0. The molecule has 1 aliphatic rings. The minimum Gasteiger partial charge on any atom is -0.493 e. The third kappa shape index (κ3) is 5.73. The van der Waals surface area contributed by atoms with Crippen LogP contribution in [-0.2, 0) is 4.79 Å². The molecule has 0 aliphatic carbocycles. The molecule has 0 unspecified atom stereocenters. The van der Waals surface area contributed by atoms with Gasteiger partial charge in [-0.05, 0) is 50.5 Å². The maximum Gasteiger partial charge on any atom is 0.246 e. The van der Waals surface area contributed by atoms with Gasteiger partial charge in [0.15, 0.2) is 18.1 Å². The number of amides is 1. The minimum absolute atomic E-state index is 0.00164. The smallest absolute Gasteiger partial charge is 0.246 e. The van der Waals surface area contributed by atoms with Crippen molar-refractivity contribution in [3.05, 3.63) is 29.8 Å². The van der Waals surface area contributed by atoms with Crippen molar-refractivity contribution in [2.75, 3.05) is 33.9 Å². The Morgan fingerprint density at radius 2 is 2.07 bits per heavy atom. The topological polar surface area (TPSA) is 65.8 Å². The van der Waals surface area contributed by atoms with Gasteiger partial charge in [0.2, 0.25) is 5.91 Å². The molecule has 1 aliphatic heterocycles. The van der Waals surface area contributed by atoms with E-state index in [1.165, 1.54) is 0 Å². The van der Waals surface area contributed by atoms with E-state index in [4.69, 9.17) is 14.7 Å². The highest BCUT2D eigenvalue weighted by Crippen LogP contribution is 2.28. The quantitative estimate of drug-likeness (QED) is 0.690. The number of ether oxygens (including phenoxy) is 2. The van der Waals surface area contributed by atoms with Gasteiger partial charge in [-0.3, -0.25) is 4.79 Å². The van der Waals surface area contributed by atoms with Gasteiger partial charge in [0.1, 0.15) is 6.07 Å². The first-order valence-electron chi connectivity index (χ1n) is 9.33. The lowest BCUT2D eigenvalue weighted by Crippen LogP contribution is -2.47. The Bertz CT molecular complexity index is 701. The molecule has 0 aromatic heterocycles. The number of methoxy groups -OCH3 is 1. The molecule has 1 amide bonds. The maximum atomic E-state index is 12.5. The Labute approximate surface area is 162 Å². The van der Waals surface area contributed by atoms with Gasteiger partial charge >= 0.3 is 0 Å². The summed E-state index contributed by atoms with van der Waals surface area (Å²) in [7, 11) is 3.42. The van der Waals surface area contributed by atoms with Gasteiger partial charge in [-0.15, -0.1) is 0 Å². The van der Waals surface area contributed by atoms with Crippen molar-refractivity contribution in [2.45, 2.75) is 38.8 Å². The van der Waals surface area contributed by atoms with E-state index in [9.17, 15) is 4.79 Å². The van der Waals surface area contributed by atoms with Gasteiger partial charge in [-0.1, -0.05) is 6.07 Å². The van der Waals surface area contributed by atoms with Crippen molar-refractivity contribution in [1.29, 1.82) is 5.26 Å². The first-order valence-corrected chi connectivity index (χ1v) is 9.33. The molecule has 1 saturated heterocycles. The lowest BCUT2D eigenvalue weighted by Gasteiger charge is -2.38. The van der Waals surface area contributed by atoms with Crippen LogP contribution in [-0.4, -0.2) is 61.6 Å². The van der Waals surface area contributed by atoms with Gasteiger partial charge < -0.3 is 19.3 Å². The molecule has 0 saturated carbocycles. The number of rotatable bonds is 7. The molecular formula is C21H29N3O3. The molecule has 0 atom stereocenters. The van der Waals surface area contributed by atoms with Crippen LogP contribution in [0.25, 0.3) is 6.08 Å². The largest absolute Gasteiger partial charge is 0.493 e. The summed E-state index contributed by atoms with van der Waals surface area (Å²) in [5.41, 5.74) is 0.840. The van der Waals surface area contributed by atoms with Crippen LogP contribution >= 0.6 is 0 Å². The molecule has 2 rings (SSSR count). The third-order valence-corrected chi connectivity index (χ3v) is 5.02. The summed E-state index contributed by atoms with van der Waals surface area (Å²) < 4.78 is 10.6. The van der Waals surface area contributed by atoms with E-state index in [1.807, 2.05) is 24.1 Å². The van der Waals surface area contributed by atoms with Crippen LogP contribution in [0.4, 0.5) is 0 Å². The Morgan fingerprint density at radius 1 is 1.37 bits per heavy atom. The SMILES string of the molecule is COc1cc(/C=C/C(=O)N(C)C2CCN(C(C)C)CC2)ccc1OCC#N. The number of nitriles is 1. The zero-order valence-corrected chi connectivity index (χ0v) is 16.6. The third-order valence-electron chi connectivity index (χ3n) is 5.02. The fourth-order valence-electron chi connectivity index (χ4n) is 3.27. The molecule has 27 heavy (non-hydrogen) atoms. The highest BCUT2D eigenvalue weighted by molar-refractivity contribution is 5.91. The molecule has 6 heteroatoms. The van der Waals surface area contributed by atoms with Gasteiger partial charge in [0, 0.05) is 38.3 Å². The molecule has 146 valence electrons. The maximum absolute atomic E-state index is 12.5. The molecule has 0 N–H and O–H groups in total. The summed E-state index contributed by atoms with van der Waals surface area (Å²) in [6.07, 6.45) is 5.39. The zero-order chi connectivity index (χ0) is 19.8. The summed E-state index contributed by atoms with van der Waals surface area (Å²) in [6.45, 7) is 6.45. The average molecular weight is 371 g/mol. The number of carbonyl (C=O) groups excluding carboxylic acids is 1. The fraction of sp³-hybridized carbons (Fsp3) is 0.524. The number of hydrogen-bond acceptors (Lipinski definition) is 5. The Kier molecular flexibility index (Phi) is 7.68. The van der Waals surface area contributed by atoms with E-state index in [-0.39, 0.29) is 18.6 Å². The van der Waals surface area contributed by atoms with Crippen LogP contribution < -0.4 is 9.47 Å². The van der Waals surface area contributed by atoms with Gasteiger partial charge in [0.05, 0.1) is 7.11 Å². The number of likely N-dealkylation sites (tertiary alicyclic amines) is 1. The number of likely N-dealkylation sites (N-methyl/N-ethyl adjacent to an activating group) is 1. The van der Waals surface area contributed by atoms with Gasteiger partial charge in [0.25, 0.3) is 0 Å². The van der Waals surface area contributed by atoms with Crippen LogP contribution in [0, 0.1) is 11.3 Å². The monoisotopic (exact) mass is 371 g/mol. The molecule has 0 radical (unpaired) electrons. The lowest BCUT2D eigenvalue weighted by atomic mass is 10.0. The van der Waals surface area contributed by atoms with E-state index in [1.54, 1.807) is 31.4 Å². The van der Waals surface area contributed by atoms with Crippen LogP contribution in [0.5, 0.6) is 11.5 Å². The molecular weight excluding hydrogens is 342 g/mol. The molecule has 0 bridgehead atoms. The van der Waals surface area contributed by atoms with Crippen molar-refractivity contribution in [3.63, 3.8) is 0 Å². The van der Waals surface area contributed by atoms with Crippen molar-refractivity contribution in [3.8, 4) is 17.6 Å². The predicted octanol–water partition coefficient (Wildman–Crippen LogP) is 2.94. The molecule has 0 spiro atoms. The summed E-state index contributed by atoms with van der Waals surface area (Å²) >= 11 is 0. The highest BCUT2D eigenvalue weighted by Gasteiger charge is 2.25. The normalized spacial score (nSPS) is 15.7. The van der Waals surface area contributed by atoms with Gasteiger partial charge in [-0.2, -0.15) is 5.26 Å². The summed E-state index contributed by atoms with van der Waals surface area (Å²) in [5, 5.41) is 8.62. The number of benzene rings is 1. The van der Waals surface area contributed by atoms with Crippen molar-refractivity contribution in [2.24, 2.45) is 0 Å². The van der Waals surface area contributed by atoms with E-state index in [0.29, 0.717) is 17.5 Å². The molecule has 1 aromatic rings. The summed E-state index contributed by atoms with van der Waals surface area (Å²) in [4.78, 5) is 16.8. The second kappa shape index (κ2) is 9.98. The number of hydrogen-bond donors (Lipinski definition) is 0. The Morgan fingerprint density at radius 3 is 2.67 bits per heavy atom. The highest BCUT2D eigenvalue weighted by atomic mass is 16.5. The van der Waals surface area contributed by atoms with E-state index >= 15 is 0 Å². The van der Waals surface area contributed by atoms with Crippen molar-refractivity contribution in [1.82, 2.24) is 9.80 Å². The van der Waals surface area contributed by atoms with Crippen LogP contribution in [0.2, 0.25) is 0 Å². The number of carbonyl (C=O) groups is 1. The van der Waals surface area contributed by atoms with Crippen LogP contribution in [0.1, 0.15) is 32.3 Å². The second-order valence-corrected chi connectivity index (χ2v) is 7.00. The summed E-state index contributed by atoms with van der Waals surface area (Å²) in [6, 6.07) is 8.14. The second-order valence-electron chi connectivity index (χ2n) is 7.00. The molecule has 1 fully saturated rings. The lowest BCUT2D eigenvalue weighted by molar-refractivity contribution is -0.127. The Hall–Kier alpha value is -2.52. The standard InChI is InChI=1S/C21H29N3O3/c1-16(2)24-12-9-18(10-13-24)23(3)21(25)8-6-17-5-7-19(27-14-11-22)20(15-17)26-4/h5-8,15-16,18H,9-10,12-14H2,1-4H3/b8-6+. The van der Waals surface area contributed by atoms with E-state index < -0.39 is 0 Å². The summed E-state index contributed by atoms with van der Waals surface area (Å²) in [5.74, 6) is 1.05. The van der Waals surface area contributed by atoms with Gasteiger partial charge in [-0.25, -0.2) is 0 Å². The molecule has 1 aromatic carbocycles. The molecule has 1 heterocycles. The van der Waals surface area contributed by atoms with Crippen LogP contribution in [0.3, 0.4) is 0 Å². The van der Waals surface area contributed by atoms with Crippen LogP contribution in [0.15, 0.2) is 24.3 Å². The Balaban J connectivity index is 1.96. The average Bonchev–Trinajstić information content (AvgIpc) is 2.70. The number of nitrogens with zero attached hydrogens (tertiary/aromatic N) is 3. The van der Waals surface area contributed by atoms with E-state index in [0.717, 1.165) is 31.5 Å². The number of piperidine rings is 1. The zero-order valence-electron chi connectivity index (χ0n) is 16.6. The first kappa shape index (κ1) is 20.8. The predicted molar refractivity (Wildman–Crippen MR) is 106 cm³/mol. The van der Waals surface area contributed by atoms with E-state index in [2.05, 4.69) is 18.7 Å². The minimum atomic E-state index is -0.0372.